The van der Waals surface area contributed by atoms with Gasteiger partial charge in [0, 0.05) is 33.3 Å². The van der Waals surface area contributed by atoms with Crippen LogP contribution in [0.3, 0.4) is 0 Å². The molecular formula is C18H22FN5O2. The Morgan fingerprint density at radius 3 is 2.96 bits per heavy atom. The quantitative estimate of drug-likeness (QED) is 0.811. The third-order valence-electron chi connectivity index (χ3n) is 4.57. The van der Waals surface area contributed by atoms with Crippen LogP contribution in [0.5, 0.6) is 0 Å². The molecule has 1 fully saturated rings. The first-order chi connectivity index (χ1) is 12.6. The van der Waals surface area contributed by atoms with Gasteiger partial charge in [0.2, 0.25) is 5.89 Å². The smallest absolute Gasteiger partial charge is 0.240 e. The molecule has 1 atom stereocenters. The highest BCUT2D eigenvalue weighted by Crippen LogP contribution is 2.23. The molecule has 1 unspecified atom stereocenters. The van der Waals surface area contributed by atoms with Gasteiger partial charge in [-0.1, -0.05) is 5.16 Å². The highest BCUT2D eigenvalue weighted by atomic mass is 19.1. The SMILES string of the molecule is COC(C)c1noc(CN2CCCN(c3ccc(F)cc3C#N)CC2)n1. The fourth-order valence-electron chi connectivity index (χ4n) is 3.04. The average Bonchev–Trinajstić information content (AvgIpc) is 2.99. The summed E-state index contributed by atoms with van der Waals surface area (Å²) in [4.78, 5) is 8.75. The number of nitriles is 1. The number of ether oxygens (including phenoxy) is 1. The van der Waals surface area contributed by atoms with Gasteiger partial charge < -0.3 is 14.2 Å². The maximum atomic E-state index is 13.4. The summed E-state index contributed by atoms with van der Waals surface area (Å²) in [5.41, 5.74) is 1.15. The molecule has 2 aromatic rings. The number of benzene rings is 1. The van der Waals surface area contributed by atoms with Gasteiger partial charge in [-0.2, -0.15) is 10.2 Å². The predicted octanol–water partition coefficient (Wildman–Crippen LogP) is 2.50. The van der Waals surface area contributed by atoms with Crippen molar-refractivity contribution in [2.45, 2.75) is 26.0 Å². The fourth-order valence-corrected chi connectivity index (χ4v) is 3.04. The number of hydrogen-bond acceptors (Lipinski definition) is 7. The Balaban J connectivity index is 1.64. The Hall–Kier alpha value is -2.50. The van der Waals surface area contributed by atoms with Crippen molar-refractivity contribution in [1.82, 2.24) is 15.0 Å². The van der Waals surface area contributed by atoms with Gasteiger partial charge in [-0.3, -0.25) is 4.90 Å². The first-order valence-electron chi connectivity index (χ1n) is 8.63. The summed E-state index contributed by atoms with van der Waals surface area (Å²) < 4.78 is 23.9. The van der Waals surface area contributed by atoms with E-state index in [4.69, 9.17) is 9.26 Å². The lowest BCUT2D eigenvalue weighted by molar-refractivity contribution is 0.109. The van der Waals surface area contributed by atoms with Gasteiger partial charge in [0.05, 0.1) is 17.8 Å². The van der Waals surface area contributed by atoms with E-state index in [0.717, 1.165) is 38.3 Å². The molecule has 0 radical (unpaired) electrons. The molecule has 138 valence electrons. The standard InChI is InChI=1S/C18H22FN5O2/c1-13(25-2)18-21-17(26-22-18)12-23-6-3-7-24(9-8-23)16-5-4-15(19)10-14(16)11-20/h4-5,10,13H,3,6-9,12H2,1-2H3. The lowest BCUT2D eigenvalue weighted by atomic mass is 10.1. The average molecular weight is 359 g/mol. The Morgan fingerprint density at radius 2 is 2.19 bits per heavy atom. The van der Waals surface area contributed by atoms with E-state index in [9.17, 15) is 9.65 Å². The lowest BCUT2D eigenvalue weighted by Gasteiger charge is -2.24. The van der Waals surface area contributed by atoms with Crippen LogP contribution in [0, 0.1) is 17.1 Å². The van der Waals surface area contributed by atoms with E-state index < -0.39 is 0 Å². The molecule has 1 aromatic carbocycles. The molecule has 1 aliphatic rings. The molecular weight excluding hydrogens is 337 g/mol. The largest absolute Gasteiger partial charge is 0.374 e. The van der Waals surface area contributed by atoms with Crippen LogP contribution in [-0.2, 0) is 11.3 Å². The van der Waals surface area contributed by atoms with Crippen molar-refractivity contribution in [3.05, 3.63) is 41.3 Å². The van der Waals surface area contributed by atoms with Gasteiger partial charge >= 0.3 is 0 Å². The zero-order valence-corrected chi connectivity index (χ0v) is 15.0. The van der Waals surface area contributed by atoms with Gasteiger partial charge in [-0.05, 0) is 31.5 Å². The third-order valence-corrected chi connectivity index (χ3v) is 4.57. The molecule has 7 nitrogen and oxygen atoms in total. The van der Waals surface area contributed by atoms with Crippen LogP contribution in [0.25, 0.3) is 0 Å². The molecule has 0 bridgehead atoms. The molecule has 0 N–H and O–H groups in total. The molecule has 0 saturated carbocycles. The Morgan fingerprint density at radius 1 is 1.35 bits per heavy atom. The summed E-state index contributed by atoms with van der Waals surface area (Å²) in [7, 11) is 1.61. The normalized spacial score (nSPS) is 16.9. The van der Waals surface area contributed by atoms with E-state index >= 15 is 0 Å². The van der Waals surface area contributed by atoms with Crippen molar-refractivity contribution in [1.29, 1.82) is 5.26 Å². The van der Waals surface area contributed by atoms with E-state index in [-0.39, 0.29) is 11.9 Å². The number of halogens is 1. The van der Waals surface area contributed by atoms with Crippen molar-refractivity contribution >= 4 is 5.69 Å². The molecule has 2 heterocycles. The van der Waals surface area contributed by atoms with Gasteiger partial charge in [0.1, 0.15) is 18.0 Å². The number of methoxy groups -OCH3 is 1. The van der Waals surface area contributed by atoms with Gasteiger partial charge in [-0.25, -0.2) is 4.39 Å². The lowest BCUT2D eigenvalue weighted by Crippen LogP contribution is -2.31. The van der Waals surface area contributed by atoms with Crippen LogP contribution in [-0.4, -0.2) is 48.3 Å². The van der Waals surface area contributed by atoms with E-state index in [1.54, 1.807) is 13.2 Å². The highest BCUT2D eigenvalue weighted by Gasteiger charge is 2.20. The maximum absolute atomic E-state index is 13.4. The van der Waals surface area contributed by atoms with Gasteiger partial charge in [0.25, 0.3) is 0 Å². The summed E-state index contributed by atoms with van der Waals surface area (Å²) in [5, 5.41) is 13.2. The molecule has 8 heteroatoms. The number of nitrogens with zero attached hydrogens (tertiary/aromatic N) is 5. The summed E-state index contributed by atoms with van der Waals surface area (Å²) in [6.07, 6.45) is 0.729. The molecule has 1 aromatic heterocycles. The predicted molar refractivity (Wildman–Crippen MR) is 92.9 cm³/mol. The zero-order valence-electron chi connectivity index (χ0n) is 15.0. The van der Waals surface area contributed by atoms with E-state index in [2.05, 4.69) is 26.0 Å². The fraction of sp³-hybridized carbons (Fsp3) is 0.500. The molecule has 0 amide bonds. The van der Waals surface area contributed by atoms with Crippen LogP contribution in [0.4, 0.5) is 10.1 Å². The molecule has 0 spiro atoms. The van der Waals surface area contributed by atoms with Crippen molar-refractivity contribution in [2.24, 2.45) is 0 Å². The van der Waals surface area contributed by atoms with Crippen molar-refractivity contribution in [3.8, 4) is 6.07 Å². The van der Waals surface area contributed by atoms with E-state index in [0.29, 0.717) is 23.8 Å². The van der Waals surface area contributed by atoms with E-state index in [1.165, 1.54) is 12.1 Å². The van der Waals surface area contributed by atoms with Crippen molar-refractivity contribution < 1.29 is 13.7 Å². The molecule has 0 aliphatic carbocycles. The molecule has 1 aliphatic heterocycles. The summed E-state index contributed by atoms with van der Waals surface area (Å²) in [6, 6.07) is 6.45. The molecule has 26 heavy (non-hydrogen) atoms. The first kappa shape index (κ1) is 18.3. The monoisotopic (exact) mass is 359 g/mol. The Bertz CT molecular complexity index is 788. The number of anilines is 1. The zero-order chi connectivity index (χ0) is 18.5. The minimum atomic E-state index is -0.390. The van der Waals surface area contributed by atoms with Crippen LogP contribution >= 0.6 is 0 Å². The van der Waals surface area contributed by atoms with Crippen LogP contribution < -0.4 is 4.90 Å². The topological polar surface area (TPSA) is 78.4 Å². The van der Waals surface area contributed by atoms with Gasteiger partial charge in [-0.15, -0.1) is 0 Å². The van der Waals surface area contributed by atoms with Crippen LogP contribution in [0.2, 0.25) is 0 Å². The summed E-state index contributed by atoms with van der Waals surface area (Å²) in [5.74, 6) is 0.722. The van der Waals surface area contributed by atoms with Crippen molar-refractivity contribution in [2.75, 3.05) is 38.2 Å². The summed E-state index contributed by atoms with van der Waals surface area (Å²) >= 11 is 0. The Labute approximate surface area is 152 Å². The maximum Gasteiger partial charge on any atom is 0.240 e. The number of aromatic nitrogens is 2. The first-order valence-corrected chi connectivity index (χ1v) is 8.63. The third kappa shape index (κ3) is 4.18. The minimum Gasteiger partial charge on any atom is -0.374 e. The molecule has 1 saturated heterocycles. The van der Waals surface area contributed by atoms with Crippen molar-refractivity contribution in [3.63, 3.8) is 0 Å². The second-order valence-electron chi connectivity index (χ2n) is 6.31. The second-order valence-corrected chi connectivity index (χ2v) is 6.31. The number of rotatable bonds is 5. The Kier molecular flexibility index (Phi) is 5.81. The summed E-state index contributed by atoms with van der Waals surface area (Å²) in [6.45, 7) is 5.68. The highest BCUT2D eigenvalue weighted by molar-refractivity contribution is 5.59. The van der Waals surface area contributed by atoms with E-state index in [1.807, 2.05) is 6.92 Å². The van der Waals surface area contributed by atoms with Crippen LogP contribution in [0.1, 0.15) is 36.7 Å². The number of hydrogen-bond donors (Lipinski definition) is 0. The molecule has 3 rings (SSSR count). The second kappa shape index (κ2) is 8.25. The van der Waals surface area contributed by atoms with Gasteiger partial charge in [0.15, 0.2) is 5.82 Å². The minimum absolute atomic E-state index is 0.199. The van der Waals surface area contributed by atoms with Crippen LogP contribution in [0.15, 0.2) is 22.7 Å².